The molecule has 2 aromatic carbocycles. The minimum Gasteiger partial charge on any atom is -0.497 e. The minimum absolute atomic E-state index is 0. The Hall–Kier alpha value is -2.05. The van der Waals surface area contributed by atoms with Crippen LogP contribution in [0.15, 0.2) is 52.4 Å². The molecule has 160 valence electrons. The third-order valence-electron chi connectivity index (χ3n) is 4.12. The second-order valence-corrected chi connectivity index (χ2v) is 7.53. The summed E-state index contributed by atoms with van der Waals surface area (Å²) in [6.07, 6.45) is 0.706. The van der Waals surface area contributed by atoms with E-state index in [2.05, 4.69) is 15.6 Å². The molecule has 0 fully saturated rings. The smallest absolute Gasteiger partial charge is 0.238 e. The van der Waals surface area contributed by atoms with Crippen LogP contribution >= 0.6 is 24.0 Å². The molecule has 2 aromatic rings. The molecule has 4 N–H and O–H groups in total. The predicted octanol–water partition coefficient (Wildman–Crippen LogP) is 1.88. The summed E-state index contributed by atoms with van der Waals surface area (Å²) >= 11 is 0. The van der Waals surface area contributed by atoms with E-state index in [-0.39, 0.29) is 28.9 Å². The van der Waals surface area contributed by atoms with E-state index in [1.54, 1.807) is 33.4 Å². The number of nitrogens with two attached hydrogens (primary N) is 1. The molecular formula is C19H27IN4O4S. The Bertz CT molecular complexity index is 918. The van der Waals surface area contributed by atoms with E-state index in [1.807, 2.05) is 18.2 Å². The first-order valence-corrected chi connectivity index (χ1v) is 10.2. The fourth-order valence-corrected chi connectivity index (χ4v) is 3.08. The van der Waals surface area contributed by atoms with E-state index in [0.29, 0.717) is 25.5 Å². The summed E-state index contributed by atoms with van der Waals surface area (Å²) in [6.45, 7) is 1.17. The molecule has 29 heavy (non-hydrogen) atoms. The zero-order valence-electron chi connectivity index (χ0n) is 16.6. The number of nitrogens with zero attached hydrogens (tertiary/aromatic N) is 1. The highest BCUT2D eigenvalue weighted by atomic mass is 127. The molecular weight excluding hydrogens is 507 g/mol. The van der Waals surface area contributed by atoms with Crippen molar-refractivity contribution in [2.75, 3.05) is 27.8 Å². The van der Waals surface area contributed by atoms with Gasteiger partial charge in [0.2, 0.25) is 10.0 Å². The Kier molecular flexibility index (Phi) is 10.2. The number of halogens is 1. The van der Waals surface area contributed by atoms with E-state index in [4.69, 9.17) is 14.6 Å². The van der Waals surface area contributed by atoms with Crippen molar-refractivity contribution in [3.8, 4) is 11.5 Å². The lowest BCUT2D eigenvalue weighted by molar-refractivity contribution is 0.390. The van der Waals surface area contributed by atoms with Gasteiger partial charge in [-0.05, 0) is 36.2 Å². The van der Waals surface area contributed by atoms with Crippen LogP contribution in [-0.4, -0.2) is 42.2 Å². The summed E-state index contributed by atoms with van der Waals surface area (Å²) in [5.74, 6) is 2.12. The number of sulfonamides is 1. The molecule has 0 spiro atoms. The van der Waals surface area contributed by atoms with Gasteiger partial charge in [0.05, 0.1) is 19.1 Å². The first-order valence-electron chi connectivity index (χ1n) is 8.64. The second kappa shape index (κ2) is 11.8. The van der Waals surface area contributed by atoms with Crippen molar-refractivity contribution in [2.45, 2.75) is 17.9 Å². The lowest BCUT2D eigenvalue weighted by Crippen LogP contribution is -2.37. The fourth-order valence-electron chi connectivity index (χ4n) is 2.57. The third-order valence-corrected chi connectivity index (χ3v) is 5.05. The number of guanidine groups is 1. The maximum absolute atomic E-state index is 11.3. The molecule has 8 nitrogen and oxygen atoms in total. The van der Waals surface area contributed by atoms with Crippen LogP contribution in [0.4, 0.5) is 0 Å². The number of aliphatic imine (C=N–C) groups is 1. The maximum Gasteiger partial charge on any atom is 0.238 e. The van der Waals surface area contributed by atoms with E-state index in [9.17, 15) is 8.42 Å². The molecule has 0 saturated carbocycles. The quantitative estimate of drug-likeness (QED) is 0.271. The molecule has 0 bridgehead atoms. The van der Waals surface area contributed by atoms with Gasteiger partial charge >= 0.3 is 0 Å². The number of primary sulfonamides is 1. The molecule has 0 radical (unpaired) electrons. The second-order valence-electron chi connectivity index (χ2n) is 5.97. The van der Waals surface area contributed by atoms with Gasteiger partial charge in [-0.25, -0.2) is 13.6 Å². The summed E-state index contributed by atoms with van der Waals surface area (Å²) in [6, 6.07) is 12.2. The highest BCUT2D eigenvalue weighted by Crippen LogP contribution is 2.24. The highest BCUT2D eigenvalue weighted by Gasteiger charge is 2.08. The van der Waals surface area contributed by atoms with Gasteiger partial charge in [0.25, 0.3) is 0 Å². The third kappa shape index (κ3) is 7.71. The Labute approximate surface area is 189 Å². The first kappa shape index (κ1) is 25.0. The fraction of sp³-hybridized carbons (Fsp3) is 0.316. The lowest BCUT2D eigenvalue weighted by Gasteiger charge is -2.14. The predicted molar refractivity (Wildman–Crippen MR) is 125 cm³/mol. The van der Waals surface area contributed by atoms with Crippen molar-refractivity contribution in [3.05, 3.63) is 53.6 Å². The van der Waals surface area contributed by atoms with E-state index in [1.165, 1.54) is 12.1 Å². The van der Waals surface area contributed by atoms with Crippen LogP contribution in [0.2, 0.25) is 0 Å². The number of hydrogen-bond acceptors (Lipinski definition) is 5. The van der Waals surface area contributed by atoms with Gasteiger partial charge in [-0.2, -0.15) is 0 Å². The van der Waals surface area contributed by atoms with Gasteiger partial charge in [-0.1, -0.05) is 12.1 Å². The normalized spacial score (nSPS) is 11.4. The first-order chi connectivity index (χ1) is 13.4. The molecule has 0 aliphatic rings. The summed E-state index contributed by atoms with van der Waals surface area (Å²) in [7, 11) is 1.26. The Balaban J connectivity index is 0.00000420. The Morgan fingerprint density at radius 1 is 1.07 bits per heavy atom. The van der Waals surface area contributed by atoms with E-state index < -0.39 is 10.0 Å². The van der Waals surface area contributed by atoms with Gasteiger partial charge in [0.1, 0.15) is 11.5 Å². The number of benzene rings is 2. The van der Waals surface area contributed by atoms with Gasteiger partial charge in [-0.15, -0.1) is 24.0 Å². The monoisotopic (exact) mass is 534 g/mol. The van der Waals surface area contributed by atoms with Crippen LogP contribution < -0.4 is 25.2 Å². The van der Waals surface area contributed by atoms with Crippen molar-refractivity contribution in [1.82, 2.24) is 10.6 Å². The van der Waals surface area contributed by atoms with E-state index in [0.717, 1.165) is 22.6 Å². The maximum atomic E-state index is 11.3. The summed E-state index contributed by atoms with van der Waals surface area (Å²) < 4.78 is 33.2. The van der Waals surface area contributed by atoms with Crippen LogP contribution in [0.5, 0.6) is 11.5 Å². The molecule has 0 heterocycles. The van der Waals surface area contributed by atoms with Crippen LogP contribution in [0.1, 0.15) is 11.1 Å². The van der Waals surface area contributed by atoms with Gasteiger partial charge in [-0.3, -0.25) is 4.99 Å². The minimum atomic E-state index is -3.66. The van der Waals surface area contributed by atoms with Crippen molar-refractivity contribution in [2.24, 2.45) is 10.1 Å². The average Bonchev–Trinajstić information content (AvgIpc) is 2.70. The molecule has 0 aliphatic heterocycles. The number of nitrogens with one attached hydrogen (secondary N) is 2. The summed E-state index contributed by atoms with van der Waals surface area (Å²) in [4.78, 5) is 4.31. The van der Waals surface area contributed by atoms with Crippen molar-refractivity contribution in [3.63, 3.8) is 0 Å². The van der Waals surface area contributed by atoms with Crippen molar-refractivity contribution >= 4 is 40.0 Å². The summed E-state index contributed by atoms with van der Waals surface area (Å²) in [5, 5.41) is 11.6. The zero-order chi connectivity index (χ0) is 20.6. The van der Waals surface area contributed by atoms with Gasteiger partial charge < -0.3 is 20.1 Å². The number of methoxy groups -OCH3 is 2. The molecule has 0 atom stereocenters. The SMILES string of the molecule is CN=C(NCCc1ccc(S(N)(=O)=O)cc1)NCc1ccc(OC)cc1OC.I. The molecule has 0 amide bonds. The molecule has 0 aliphatic carbocycles. The van der Waals surface area contributed by atoms with Crippen LogP contribution in [0, 0.1) is 0 Å². The molecule has 0 unspecified atom stereocenters. The van der Waals surface area contributed by atoms with Gasteiger partial charge in [0, 0.05) is 31.8 Å². The standard InChI is InChI=1S/C19H26N4O4S.HI/c1-21-19(23-13-15-6-7-16(26-2)12-18(15)27-3)22-11-10-14-4-8-17(9-5-14)28(20,24)25;/h4-9,12H,10-11,13H2,1-3H3,(H2,20,24,25)(H2,21,22,23);1H. The number of ether oxygens (including phenoxy) is 2. The van der Waals surface area contributed by atoms with Crippen molar-refractivity contribution in [1.29, 1.82) is 0 Å². The average molecular weight is 534 g/mol. The lowest BCUT2D eigenvalue weighted by atomic mass is 10.1. The van der Waals surface area contributed by atoms with Crippen molar-refractivity contribution < 1.29 is 17.9 Å². The largest absolute Gasteiger partial charge is 0.497 e. The summed E-state index contributed by atoms with van der Waals surface area (Å²) in [5.41, 5.74) is 1.97. The topological polar surface area (TPSA) is 115 Å². The molecule has 2 rings (SSSR count). The Morgan fingerprint density at radius 2 is 1.76 bits per heavy atom. The zero-order valence-corrected chi connectivity index (χ0v) is 19.8. The van der Waals surface area contributed by atoms with Gasteiger partial charge in [0.15, 0.2) is 5.96 Å². The van der Waals surface area contributed by atoms with Crippen LogP contribution in [0.25, 0.3) is 0 Å². The van der Waals surface area contributed by atoms with E-state index >= 15 is 0 Å². The Morgan fingerprint density at radius 3 is 2.31 bits per heavy atom. The van der Waals surface area contributed by atoms with Crippen LogP contribution in [0.3, 0.4) is 0 Å². The molecule has 0 aromatic heterocycles. The molecule has 10 heteroatoms. The highest BCUT2D eigenvalue weighted by molar-refractivity contribution is 14.0. The molecule has 0 saturated heterocycles. The van der Waals surface area contributed by atoms with Crippen LogP contribution in [-0.2, 0) is 23.0 Å². The number of rotatable bonds is 8. The number of hydrogen-bond donors (Lipinski definition) is 3.